The lowest BCUT2D eigenvalue weighted by Gasteiger charge is -2.34. The maximum Gasteiger partial charge on any atom is 0.249 e. The summed E-state index contributed by atoms with van der Waals surface area (Å²) in [6.07, 6.45) is 0. The van der Waals surface area contributed by atoms with E-state index in [1.807, 2.05) is 61.5 Å². The number of amides is 1. The Morgan fingerprint density at radius 3 is 2.57 bits per heavy atom. The zero-order valence-corrected chi connectivity index (χ0v) is 19.3. The van der Waals surface area contributed by atoms with E-state index in [2.05, 4.69) is 11.0 Å². The lowest BCUT2D eigenvalue weighted by atomic mass is 9.69. The Bertz CT molecular complexity index is 1400. The van der Waals surface area contributed by atoms with Crippen molar-refractivity contribution in [1.82, 2.24) is 14.7 Å². The molecule has 9 nitrogen and oxygen atoms in total. The number of benzene rings is 2. The molecule has 0 bridgehead atoms. The third-order valence-corrected chi connectivity index (χ3v) is 6.94. The van der Waals surface area contributed by atoms with Crippen molar-refractivity contribution in [2.24, 2.45) is 5.73 Å². The molecule has 9 heteroatoms. The standard InChI is InChI=1S/C26H24N6O3/c1-17-22-24(32(29-17)18-7-3-2-4-8-18)35-23(28)20(15-27)26(22)19-9-5-6-10-21(19)31(25(26)33)16-30-11-13-34-14-12-30/h2-10H,11-14,16,28H2,1H3/t26-/m1/s1. The van der Waals surface area contributed by atoms with Crippen LogP contribution in [0.15, 0.2) is 66.1 Å². The fourth-order valence-electron chi connectivity index (χ4n) is 5.40. The van der Waals surface area contributed by atoms with Crippen molar-refractivity contribution in [3.05, 3.63) is 82.9 Å². The summed E-state index contributed by atoms with van der Waals surface area (Å²) in [4.78, 5) is 18.5. The zero-order chi connectivity index (χ0) is 24.2. The normalized spacial score (nSPS) is 21.6. The number of hydrogen-bond acceptors (Lipinski definition) is 7. The van der Waals surface area contributed by atoms with Crippen LogP contribution in [0.1, 0.15) is 16.8 Å². The van der Waals surface area contributed by atoms with E-state index < -0.39 is 5.41 Å². The van der Waals surface area contributed by atoms with Crippen molar-refractivity contribution < 1.29 is 14.3 Å². The maximum atomic E-state index is 14.5. The van der Waals surface area contributed by atoms with Gasteiger partial charge in [-0.2, -0.15) is 10.4 Å². The highest BCUT2D eigenvalue weighted by Gasteiger charge is 2.61. The second kappa shape index (κ2) is 7.98. The molecule has 1 amide bonds. The first-order valence-corrected chi connectivity index (χ1v) is 11.5. The van der Waals surface area contributed by atoms with Gasteiger partial charge in [0.1, 0.15) is 17.1 Å². The van der Waals surface area contributed by atoms with E-state index >= 15 is 0 Å². The first-order valence-electron chi connectivity index (χ1n) is 11.5. The molecule has 1 saturated heterocycles. The number of aromatic nitrogens is 2. The molecule has 2 N–H and O–H groups in total. The Kier molecular flexibility index (Phi) is 4.88. The number of morpholine rings is 1. The molecule has 0 aliphatic carbocycles. The Balaban J connectivity index is 1.60. The van der Waals surface area contributed by atoms with Gasteiger partial charge < -0.3 is 15.2 Å². The number of para-hydroxylation sites is 2. The van der Waals surface area contributed by atoms with Gasteiger partial charge >= 0.3 is 0 Å². The quantitative estimate of drug-likeness (QED) is 0.627. The summed E-state index contributed by atoms with van der Waals surface area (Å²) in [6, 6.07) is 19.3. The van der Waals surface area contributed by atoms with E-state index in [0.29, 0.717) is 42.6 Å². The average Bonchev–Trinajstić information content (AvgIpc) is 3.34. The molecule has 6 rings (SSSR count). The highest BCUT2D eigenvalue weighted by atomic mass is 16.5. The maximum absolute atomic E-state index is 14.5. The van der Waals surface area contributed by atoms with Crippen LogP contribution in [0.25, 0.3) is 5.69 Å². The van der Waals surface area contributed by atoms with Crippen molar-refractivity contribution in [2.75, 3.05) is 37.9 Å². The minimum absolute atomic E-state index is 0.0858. The van der Waals surface area contributed by atoms with Gasteiger partial charge in [-0.05, 0) is 25.1 Å². The third-order valence-electron chi connectivity index (χ3n) is 6.94. The van der Waals surface area contributed by atoms with E-state index in [1.165, 1.54) is 0 Å². The molecular weight excluding hydrogens is 444 g/mol. The molecule has 0 radical (unpaired) electrons. The molecule has 0 saturated carbocycles. The lowest BCUT2D eigenvalue weighted by Crippen LogP contribution is -2.50. The Hall–Kier alpha value is -4.13. The largest absolute Gasteiger partial charge is 0.422 e. The molecule has 3 aliphatic heterocycles. The van der Waals surface area contributed by atoms with Crippen LogP contribution in [-0.4, -0.2) is 53.6 Å². The fourth-order valence-corrected chi connectivity index (χ4v) is 5.40. The van der Waals surface area contributed by atoms with Crippen molar-refractivity contribution >= 4 is 11.6 Å². The Labute approximate surface area is 202 Å². The van der Waals surface area contributed by atoms with Gasteiger partial charge in [0.15, 0.2) is 0 Å². The van der Waals surface area contributed by atoms with Gasteiger partial charge in [0.2, 0.25) is 17.7 Å². The van der Waals surface area contributed by atoms with Gasteiger partial charge in [-0.1, -0.05) is 36.4 Å². The van der Waals surface area contributed by atoms with Gasteiger partial charge in [-0.3, -0.25) is 14.6 Å². The predicted molar refractivity (Wildman–Crippen MR) is 128 cm³/mol. The van der Waals surface area contributed by atoms with E-state index in [-0.39, 0.29) is 17.4 Å². The van der Waals surface area contributed by atoms with Crippen LogP contribution in [0.2, 0.25) is 0 Å². The number of nitriles is 1. The smallest absolute Gasteiger partial charge is 0.249 e. The Morgan fingerprint density at radius 2 is 1.83 bits per heavy atom. The molecule has 2 aromatic carbocycles. The molecule has 35 heavy (non-hydrogen) atoms. The van der Waals surface area contributed by atoms with Gasteiger partial charge in [-0.25, -0.2) is 4.68 Å². The Morgan fingerprint density at radius 1 is 1.11 bits per heavy atom. The molecule has 1 fully saturated rings. The number of hydrogen-bond donors (Lipinski definition) is 1. The molecular formula is C26H24N6O3. The summed E-state index contributed by atoms with van der Waals surface area (Å²) in [7, 11) is 0. The van der Waals surface area contributed by atoms with Crippen LogP contribution in [0.4, 0.5) is 5.69 Å². The summed E-state index contributed by atoms with van der Waals surface area (Å²) in [5.41, 5.74) is 8.38. The van der Waals surface area contributed by atoms with Crippen LogP contribution < -0.4 is 15.4 Å². The molecule has 4 heterocycles. The van der Waals surface area contributed by atoms with Crippen molar-refractivity contribution in [1.29, 1.82) is 5.26 Å². The number of ether oxygens (including phenoxy) is 2. The van der Waals surface area contributed by atoms with Gasteiger partial charge in [0, 0.05) is 18.7 Å². The summed E-state index contributed by atoms with van der Waals surface area (Å²) in [6.45, 7) is 4.91. The van der Waals surface area contributed by atoms with E-state index in [9.17, 15) is 10.1 Å². The van der Waals surface area contributed by atoms with E-state index in [0.717, 1.165) is 24.5 Å². The molecule has 1 aromatic heterocycles. The highest BCUT2D eigenvalue weighted by molar-refractivity contribution is 6.14. The van der Waals surface area contributed by atoms with E-state index in [1.54, 1.807) is 9.58 Å². The average molecular weight is 469 g/mol. The number of carbonyl (C=O) groups is 1. The first kappa shape index (κ1) is 21.4. The molecule has 1 spiro atoms. The fraction of sp³-hybridized carbons (Fsp3) is 0.269. The molecule has 1 atom stereocenters. The number of fused-ring (bicyclic) bond motifs is 4. The number of carbonyl (C=O) groups excluding carboxylic acids is 1. The van der Waals surface area contributed by atoms with Crippen molar-refractivity contribution in [2.45, 2.75) is 12.3 Å². The summed E-state index contributed by atoms with van der Waals surface area (Å²) in [5.74, 6) is 0.0278. The van der Waals surface area contributed by atoms with Gasteiger partial charge in [0.05, 0.1) is 42.5 Å². The van der Waals surface area contributed by atoms with Crippen LogP contribution in [0, 0.1) is 18.3 Å². The molecule has 0 unspecified atom stereocenters. The monoisotopic (exact) mass is 468 g/mol. The topological polar surface area (TPSA) is 110 Å². The molecule has 3 aromatic rings. The number of anilines is 1. The van der Waals surface area contributed by atoms with Crippen molar-refractivity contribution in [3.8, 4) is 17.6 Å². The minimum Gasteiger partial charge on any atom is -0.422 e. The summed E-state index contributed by atoms with van der Waals surface area (Å²) >= 11 is 0. The third kappa shape index (κ3) is 2.94. The predicted octanol–water partition coefficient (Wildman–Crippen LogP) is 2.19. The SMILES string of the molecule is Cc1nn(-c2ccccc2)c2c1[C@]1(C(=O)N(CN3CCOCC3)c3ccccc31)C(C#N)=C(N)O2. The second-order valence-corrected chi connectivity index (χ2v) is 8.84. The van der Waals surface area contributed by atoms with Crippen LogP contribution in [0.3, 0.4) is 0 Å². The van der Waals surface area contributed by atoms with Crippen LogP contribution >= 0.6 is 0 Å². The van der Waals surface area contributed by atoms with Crippen LogP contribution in [-0.2, 0) is 14.9 Å². The highest BCUT2D eigenvalue weighted by Crippen LogP contribution is 2.56. The minimum atomic E-state index is -1.44. The molecule has 3 aliphatic rings. The number of aryl methyl sites for hydroxylation is 1. The van der Waals surface area contributed by atoms with Crippen molar-refractivity contribution in [3.63, 3.8) is 0 Å². The number of nitrogens with two attached hydrogens (primary N) is 1. The summed E-state index contributed by atoms with van der Waals surface area (Å²) < 4.78 is 13.1. The first-order chi connectivity index (χ1) is 17.1. The second-order valence-electron chi connectivity index (χ2n) is 8.84. The lowest BCUT2D eigenvalue weighted by molar-refractivity contribution is -0.121. The molecule has 176 valence electrons. The van der Waals surface area contributed by atoms with E-state index in [4.69, 9.17) is 20.3 Å². The number of rotatable bonds is 3. The van der Waals surface area contributed by atoms with Gasteiger partial charge in [-0.15, -0.1) is 0 Å². The van der Waals surface area contributed by atoms with Gasteiger partial charge in [0.25, 0.3) is 0 Å². The summed E-state index contributed by atoms with van der Waals surface area (Å²) in [5, 5.41) is 15.0. The zero-order valence-electron chi connectivity index (χ0n) is 19.3. The van der Waals surface area contributed by atoms with Crippen LogP contribution in [0.5, 0.6) is 5.88 Å². The number of nitrogens with zero attached hydrogens (tertiary/aromatic N) is 5.